The molecule has 34 heavy (non-hydrogen) atoms. The normalized spacial score (nSPS) is 33.6. The maximum absolute atomic E-state index is 12.9. The van der Waals surface area contributed by atoms with Crippen LogP contribution in [0.2, 0.25) is 5.02 Å². The fourth-order valence-electron chi connectivity index (χ4n) is 3.94. The number of aromatic hydroxyl groups is 1. The van der Waals surface area contributed by atoms with Crippen LogP contribution in [-0.2, 0) is 25.4 Å². The highest BCUT2D eigenvalue weighted by Crippen LogP contribution is 2.40. The molecular weight excluding hydrogens is 472 g/mol. The van der Waals surface area contributed by atoms with Crippen LogP contribution in [-0.4, -0.2) is 81.7 Å². The molecule has 184 valence electrons. The number of hydrogen-bond donors (Lipinski definition) is 4. The maximum atomic E-state index is 12.9. The standard InChI is InChI=1S/C23H25ClO10/c1-10-6-15-14(32-15)5-3-2-4-11(26)7-12-18(22(30)31-10)13(27)8-16(19(12)24)33-23-21(29)20(28)17(9-25)34-23/h2-5,8,10,14-15,17,20-21,23,25,27-29H,6-7,9H2,1H3/t10-,14+,15+,17?,20?,21?,23?/m1/s1. The van der Waals surface area contributed by atoms with Crippen LogP contribution < -0.4 is 4.74 Å². The summed E-state index contributed by atoms with van der Waals surface area (Å²) < 4.78 is 21.8. The molecule has 0 aliphatic carbocycles. The number of epoxide rings is 1. The van der Waals surface area contributed by atoms with E-state index >= 15 is 0 Å². The second-order valence-electron chi connectivity index (χ2n) is 8.36. The van der Waals surface area contributed by atoms with Crippen LogP contribution in [0.15, 0.2) is 30.4 Å². The molecule has 0 saturated carbocycles. The number of rotatable bonds is 3. The largest absolute Gasteiger partial charge is 0.507 e. The van der Waals surface area contributed by atoms with Crippen molar-refractivity contribution in [2.45, 2.75) is 62.7 Å². The van der Waals surface area contributed by atoms with Gasteiger partial charge < -0.3 is 39.4 Å². The number of benzene rings is 1. The molecule has 0 aromatic heterocycles. The fourth-order valence-corrected chi connectivity index (χ4v) is 4.20. The summed E-state index contributed by atoms with van der Waals surface area (Å²) in [6.07, 6.45) is 0.217. The minimum absolute atomic E-state index is 0.0307. The van der Waals surface area contributed by atoms with Gasteiger partial charge in [0.2, 0.25) is 6.29 Å². The number of carbonyl (C=O) groups is 2. The molecule has 4 N–H and O–H groups in total. The fraction of sp³-hybridized carbons (Fsp3) is 0.478. The van der Waals surface area contributed by atoms with Crippen LogP contribution >= 0.6 is 11.6 Å². The summed E-state index contributed by atoms with van der Waals surface area (Å²) in [7, 11) is 0. The average Bonchev–Trinajstić information content (AvgIpc) is 3.46. The third-order valence-electron chi connectivity index (χ3n) is 5.79. The Balaban J connectivity index is 1.68. The van der Waals surface area contributed by atoms with Crippen molar-refractivity contribution in [3.8, 4) is 11.5 Å². The number of aliphatic hydroxyl groups excluding tert-OH is 3. The van der Waals surface area contributed by atoms with E-state index in [1.165, 1.54) is 6.08 Å². The Morgan fingerprint density at radius 3 is 2.65 bits per heavy atom. The number of ketones is 1. The van der Waals surface area contributed by atoms with E-state index in [0.29, 0.717) is 6.42 Å². The Morgan fingerprint density at radius 2 is 1.94 bits per heavy atom. The van der Waals surface area contributed by atoms with Crippen molar-refractivity contribution >= 4 is 23.4 Å². The number of ether oxygens (including phenoxy) is 4. The first-order valence-corrected chi connectivity index (χ1v) is 11.1. The van der Waals surface area contributed by atoms with Gasteiger partial charge in [0.05, 0.1) is 17.7 Å². The molecule has 3 heterocycles. The summed E-state index contributed by atoms with van der Waals surface area (Å²) in [6.45, 7) is 1.13. The highest BCUT2D eigenvalue weighted by Gasteiger charge is 2.44. The number of fused-ring (bicyclic) bond motifs is 2. The molecule has 0 bridgehead atoms. The van der Waals surface area contributed by atoms with E-state index in [1.54, 1.807) is 25.2 Å². The van der Waals surface area contributed by atoms with Crippen molar-refractivity contribution in [2.75, 3.05) is 6.61 Å². The molecule has 10 nitrogen and oxygen atoms in total. The van der Waals surface area contributed by atoms with E-state index in [0.717, 1.165) is 6.07 Å². The van der Waals surface area contributed by atoms with Crippen LogP contribution in [0.4, 0.5) is 0 Å². The van der Waals surface area contributed by atoms with Crippen LogP contribution in [0.1, 0.15) is 29.3 Å². The lowest BCUT2D eigenvalue weighted by Crippen LogP contribution is -2.35. The molecule has 2 fully saturated rings. The quantitative estimate of drug-likeness (QED) is 0.349. The second kappa shape index (κ2) is 10.0. The molecule has 11 heteroatoms. The molecular formula is C23H25ClO10. The topological polar surface area (TPSA) is 155 Å². The van der Waals surface area contributed by atoms with E-state index in [2.05, 4.69) is 0 Å². The van der Waals surface area contributed by atoms with Crippen molar-refractivity contribution in [2.24, 2.45) is 0 Å². The van der Waals surface area contributed by atoms with Crippen LogP contribution in [0, 0.1) is 0 Å². The first kappa shape index (κ1) is 24.6. The minimum atomic E-state index is -1.51. The molecule has 0 radical (unpaired) electrons. The monoisotopic (exact) mass is 496 g/mol. The summed E-state index contributed by atoms with van der Waals surface area (Å²) in [5.41, 5.74) is -0.315. The van der Waals surface area contributed by atoms with Gasteiger partial charge in [-0.05, 0) is 13.0 Å². The van der Waals surface area contributed by atoms with Crippen LogP contribution in [0.3, 0.4) is 0 Å². The van der Waals surface area contributed by atoms with E-state index in [4.69, 9.17) is 30.5 Å². The number of cyclic esters (lactones) is 1. The first-order chi connectivity index (χ1) is 16.2. The van der Waals surface area contributed by atoms with Gasteiger partial charge in [0.15, 0.2) is 5.78 Å². The summed E-state index contributed by atoms with van der Waals surface area (Å²) in [5, 5.41) is 39.8. The molecule has 1 aromatic carbocycles. The highest BCUT2D eigenvalue weighted by molar-refractivity contribution is 6.33. The van der Waals surface area contributed by atoms with Crippen molar-refractivity contribution in [1.29, 1.82) is 0 Å². The lowest BCUT2D eigenvalue weighted by Gasteiger charge is -2.21. The zero-order chi connectivity index (χ0) is 24.6. The molecule has 2 saturated heterocycles. The summed E-state index contributed by atoms with van der Waals surface area (Å²) in [6, 6.07) is 1.04. The van der Waals surface area contributed by atoms with Crippen molar-refractivity contribution in [3.05, 3.63) is 46.5 Å². The van der Waals surface area contributed by atoms with Gasteiger partial charge in [-0.1, -0.05) is 29.8 Å². The number of halogens is 1. The van der Waals surface area contributed by atoms with E-state index < -0.39 is 54.8 Å². The van der Waals surface area contributed by atoms with Crippen molar-refractivity contribution < 1.29 is 49.0 Å². The zero-order valence-corrected chi connectivity index (χ0v) is 18.9. The van der Waals surface area contributed by atoms with Crippen LogP contribution in [0.25, 0.3) is 0 Å². The number of allylic oxidation sites excluding steroid dienone is 3. The lowest BCUT2D eigenvalue weighted by atomic mass is 9.99. The Morgan fingerprint density at radius 1 is 1.18 bits per heavy atom. The number of carbonyl (C=O) groups excluding carboxylic acids is 2. The molecule has 0 amide bonds. The van der Waals surface area contributed by atoms with Gasteiger partial charge in [0.25, 0.3) is 0 Å². The van der Waals surface area contributed by atoms with Gasteiger partial charge in [-0.3, -0.25) is 4.79 Å². The Bertz CT molecular complexity index is 1020. The molecule has 3 aliphatic heterocycles. The van der Waals surface area contributed by atoms with Crippen molar-refractivity contribution in [1.82, 2.24) is 0 Å². The molecule has 4 unspecified atom stereocenters. The van der Waals surface area contributed by atoms with Gasteiger partial charge in [0.1, 0.15) is 47.6 Å². The third-order valence-corrected chi connectivity index (χ3v) is 6.21. The summed E-state index contributed by atoms with van der Waals surface area (Å²) >= 11 is 6.48. The molecule has 4 rings (SSSR count). The van der Waals surface area contributed by atoms with Gasteiger partial charge in [-0.25, -0.2) is 4.79 Å². The SMILES string of the molecule is C[C@@H]1C[C@@H]2O[C@H]2C=CC=CC(=O)Cc2c(Cl)c(OC3OC(CO)C(O)C3O)cc(O)c2C(=O)O1. The number of aliphatic hydroxyl groups is 3. The maximum Gasteiger partial charge on any atom is 0.342 e. The average molecular weight is 497 g/mol. The molecule has 3 aliphatic rings. The number of hydrogen-bond acceptors (Lipinski definition) is 10. The Kier molecular flexibility index (Phi) is 7.27. The summed E-state index contributed by atoms with van der Waals surface area (Å²) in [4.78, 5) is 25.5. The van der Waals surface area contributed by atoms with Gasteiger partial charge in [-0.15, -0.1) is 0 Å². The smallest absolute Gasteiger partial charge is 0.342 e. The van der Waals surface area contributed by atoms with Crippen molar-refractivity contribution in [3.63, 3.8) is 0 Å². The Labute approximate surface area is 199 Å². The third kappa shape index (κ3) is 5.12. The Hall–Kier alpha value is -2.47. The van der Waals surface area contributed by atoms with E-state index in [-0.39, 0.29) is 40.5 Å². The van der Waals surface area contributed by atoms with Gasteiger partial charge in [0, 0.05) is 24.5 Å². The van der Waals surface area contributed by atoms with E-state index in [1.807, 2.05) is 0 Å². The predicted molar refractivity (Wildman–Crippen MR) is 117 cm³/mol. The lowest BCUT2D eigenvalue weighted by molar-refractivity contribution is -0.116. The highest BCUT2D eigenvalue weighted by atomic mass is 35.5. The number of phenolic OH excluding ortho intramolecular Hbond substituents is 1. The molecule has 1 aromatic rings. The van der Waals surface area contributed by atoms with E-state index in [9.17, 15) is 30.0 Å². The molecule has 7 atom stereocenters. The second-order valence-corrected chi connectivity index (χ2v) is 8.74. The zero-order valence-electron chi connectivity index (χ0n) is 18.2. The first-order valence-electron chi connectivity index (χ1n) is 10.8. The van der Waals surface area contributed by atoms with Gasteiger partial charge in [-0.2, -0.15) is 0 Å². The number of phenols is 1. The predicted octanol–water partition coefficient (Wildman–Crippen LogP) is 0.804. The molecule has 0 spiro atoms. The minimum Gasteiger partial charge on any atom is -0.507 e. The number of esters is 1. The van der Waals surface area contributed by atoms with Crippen LogP contribution in [0.5, 0.6) is 11.5 Å². The van der Waals surface area contributed by atoms with Gasteiger partial charge >= 0.3 is 5.97 Å². The summed E-state index contributed by atoms with van der Waals surface area (Å²) in [5.74, 6) is -2.03.